The molecule has 0 radical (unpaired) electrons. The first-order valence-electron chi connectivity index (χ1n) is 31.4. The first kappa shape index (κ1) is 76.2. The summed E-state index contributed by atoms with van der Waals surface area (Å²) in [6, 6.07) is -1.01. The Morgan fingerprint density at radius 3 is 1.26 bits per heavy atom. The van der Waals surface area contributed by atoms with Crippen LogP contribution in [0.2, 0.25) is 0 Å². The van der Waals surface area contributed by atoms with Crippen molar-refractivity contribution in [3.8, 4) is 0 Å². The van der Waals surface area contributed by atoms with E-state index >= 15 is 0 Å². The largest absolute Gasteiger partial charge is 0.394 e. The van der Waals surface area contributed by atoms with Crippen LogP contribution in [0.4, 0.5) is 0 Å². The molecule has 0 aromatic heterocycles. The van der Waals surface area contributed by atoms with Gasteiger partial charge in [-0.1, -0.05) is 173 Å². The summed E-state index contributed by atoms with van der Waals surface area (Å²) in [5, 5.41) is 120. The van der Waals surface area contributed by atoms with Crippen LogP contribution in [0.15, 0.2) is 134 Å². The van der Waals surface area contributed by atoms with Crippen molar-refractivity contribution >= 4 is 5.91 Å². The maximum Gasteiger partial charge on any atom is 0.220 e. The number of carbonyl (C=O) groups excluding carboxylic acids is 1. The number of hydrogen-bond acceptors (Lipinski definition) is 18. The van der Waals surface area contributed by atoms with Crippen molar-refractivity contribution in [1.29, 1.82) is 0 Å². The van der Waals surface area contributed by atoms with Crippen molar-refractivity contribution in [3.63, 3.8) is 0 Å². The Morgan fingerprint density at radius 2 is 0.779 bits per heavy atom. The third kappa shape index (κ3) is 30.4. The zero-order chi connectivity index (χ0) is 62.6. The van der Waals surface area contributed by atoms with Crippen molar-refractivity contribution in [1.82, 2.24) is 5.32 Å². The van der Waals surface area contributed by atoms with E-state index in [9.17, 15) is 61.0 Å². The molecule has 1 amide bonds. The lowest BCUT2D eigenvalue weighted by atomic mass is 9.96. The van der Waals surface area contributed by atoms with E-state index in [0.29, 0.717) is 12.8 Å². The van der Waals surface area contributed by atoms with Crippen LogP contribution in [0.1, 0.15) is 149 Å². The molecule has 3 aliphatic heterocycles. The highest BCUT2D eigenvalue weighted by Crippen LogP contribution is 2.33. The monoisotopic (exact) mass is 1210 g/mol. The van der Waals surface area contributed by atoms with Gasteiger partial charge in [0, 0.05) is 6.42 Å². The Morgan fingerprint density at radius 1 is 0.419 bits per heavy atom. The standard InChI is InChI=1S/C67H107NO18/c1-3-5-7-9-11-13-15-16-17-18-19-20-21-22-23-24-25-26-27-28-29-30-31-32-33-34-35-37-39-41-43-45-55(73)68-50(51(72)44-42-40-38-36-14-12-10-8-6-4-2)49-81-65-61(79)58(76)63(53(47-70)83-65)86-67-62(80)59(77)64(54(48-71)84-67)85-66-60(78)57(75)56(74)52(46-69)82-66/h5-8,11,13-14,16-17,19-20,22-23,25-26,28-29,31-32,36,42,44,50-54,56-67,69-72,74-80H,3-4,9-10,12,15,18,21,24,27,30,33-35,37-41,43,45-49H2,1-2H3,(H,68,73)/b7-5-,8-6+,13-11-,17-16-,20-19-,23-22-,26-25-,29-28-,32-31-,36-14+,44-42+. The van der Waals surface area contributed by atoms with Crippen LogP contribution < -0.4 is 5.32 Å². The Bertz CT molecular complexity index is 2080. The average molecular weight is 1210 g/mol. The van der Waals surface area contributed by atoms with Crippen molar-refractivity contribution in [2.75, 3.05) is 26.4 Å². The molecule has 488 valence electrons. The lowest BCUT2D eigenvalue weighted by Gasteiger charge is -2.48. The highest BCUT2D eigenvalue weighted by molar-refractivity contribution is 5.76. The SMILES string of the molecule is CC/C=C\C/C=C\C/C=C\C/C=C\C/C=C\C/C=C\C/C=C\C/C=C\CCCCCCCCC(=O)NC(COC1OC(CO)C(OC2OC(CO)C(OC3OC(CO)C(O)C(O)C3O)C(O)C2O)C(O)C1O)C(O)/C=C/CC/C=C/CC/C=C/CC. The third-order valence-corrected chi connectivity index (χ3v) is 14.7. The Hall–Kier alpha value is -4.07. The van der Waals surface area contributed by atoms with Crippen LogP contribution in [-0.4, -0.2) is 193 Å². The zero-order valence-electron chi connectivity index (χ0n) is 51.0. The molecule has 19 heteroatoms. The van der Waals surface area contributed by atoms with Gasteiger partial charge in [-0.2, -0.15) is 0 Å². The van der Waals surface area contributed by atoms with E-state index in [1.807, 2.05) is 0 Å². The van der Waals surface area contributed by atoms with Crippen molar-refractivity contribution in [2.45, 2.75) is 253 Å². The van der Waals surface area contributed by atoms with Crippen LogP contribution >= 0.6 is 0 Å². The number of unbranched alkanes of at least 4 members (excludes halogenated alkanes) is 8. The predicted octanol–water partition coefficient (Wildman–Crippen LogP) is 6.65. The van der Waals surface area contributed by atoms with Gasteiger partial charge >= 0.3 is 0 Å². The molecule has 3 aliphatic rings. The van der Waals surface area contributed by atoms with Crippen LogP contribution in [0.5, 0.6) is 0 Å². The second-order valence-electron chi connectivity index (χ2n) is 21.7. The van der Waals surface area contributed by atoms with Gasteiger partial charge in [-0.15, -0.1) is 0 Å². The molecule has 3 fully saturated rings. The van der Waals surface area contributed by atoms with Crippen LogP contribution in [0.25, 0.3) is 0 Å². The van der Waals surface area contributed by atoms with Gasteiger partial charge in [0.1, 0.15) is 73.2 Å². The first-order valence-corrected chi connectivity index (χ1v) is 31.4. The fraction of sp³-hybridized carbons (Fsp3) is 0.657. The van der Waals surface area contributed by atoms with Crippen molar-refractivity contribution in [2.24, 2.45) is 0 Å². The van der Waals surface area contributed by atoms with E-state index < -0.39 is 124 Å². The molecule has 17 unspecified atom stereocenters. The van der Waals surface area contributed by atoms with Crippen molar-refractivity contribution in [3.05, 3.63) is 134 Å². The summed E-state index contributed by atoms with van der Waals surface area (Å²) in [5.74, 6) is -0.315. The molecule has 19 nitrogen and oxygen atoms in total. The molecule has 3 heterocycles. The minimum absolute atomic E-state index is 0.204. The van der Waals surface area contributed by atoms with E-state index in [2.05, 4.69) is 141 Å². The summed E-state index contributed by atoms with van der Waals surface area (Å²) in [6.07, 6.45) is 38.9. The van der Waals surface area contributed by atoms with Gasteiger partial charge < -0.3 is 89.9 Å². The van der Waals surface area contributed by atoms with E-state index in [1.54, 1.807) is 12.2 Å². The van der Waals surface area contributed by atoms with E-state index in [0.717, 1.165) is 116 Å². The van der Waals surface area contributed by atoms with E-state index in [1.165, 1.54) is 0 Å². The number of aliphatic hydroxyl groups excluding tert-OH is 11. The number of amides is 1. The molecule has 17 atom stereocenters. The lowest BCUT2D eigenvalue weighted by molar-refractivity contribution is -0.379. The number of hydrogen-bond donors (Lipinski definition) is 12. The summed E-state index contributed by atoms with van der Waals surface area (Å²) in [5.41, 5.74) is 0. The summed E-state index contributed by atoms with van der Waals surface area (Å²) >= 11 is 0. The summed E-state index contributed by atoms with van der Waals surface area (Å²) < 4.78 is 34.1. The Labute approximate surface area is 511 Å². The lowest BCUT2D eigenvalue weighted by Crippen LogP contribution is -2.66. The molecule has 86 heavy (non-hydrogen) atoms. The second-order valence-corrected chi connectivity index (χ2v) is 21.7. The number of carbonyl (C=O) groups is 1. The van der Waals surface area contributed by atoms with Gasteiger partial charge in [-0.05, 0) is 103 Å². The van der Waals surface area contributed by atoms with Gasteiger partial charge in [0.2, 0.25) is 5.91 Å². The minimum Gasteiger partial charge on any atom is -0.394 e. The molecule has 0 aromatic rings. The molecule has 0 bridgehead atoms. The molecular formula is C67H107NO18. The number of aliphatic hydroxyl groups is 11. The molecule has 3 saturated heterocycles. The van der Waals surface area contributed by atoms with Gasteiger partial charge in [0.05, 0.1) is 38.6 Å². The highest BCUT2D eigenvalue weighted by atomic mass is 16.8. The molecule has 12 N–H and O–H groups in total. The zero-order valence-corrected chi connectivity index (χ0v) is 51.0. The number of rotatable bonds is 44. The van der Waals surface area contributed by atoms with Crippen LogP contribution in [-0.2, 0) is 33.2 Å². The fourth-order valence-electron chi connectivity index (χ4n) is 9.60. The van der Waals surface area contributed by atoms with Gasteiger partial charge in [-0.3, -0.25) is 4.79 Å². The van der Waals surface area contributed by atoms with E-state index in [4.69, 9.17) is 28.4 Å². The van der Waals surface area contributed by atoms with Gasteiger partial charge in [0.15, 0.2) is 18.9 Å². The summed E-state index contributed by atoms with van der Waals surface area (Å²) in [4.78, 5) is 13.3. The fourth-order valence-corrected chi connectivity index (χ4v) is 9.60. The molecule has 3 rings (SSSR count). The average Bonchev–Trinajstić information content (AvgIpc) is 1.89. The summed E-state index contributed by atoms with van der Waals surface area (Å²) in [7, 11) is 0. The predicted molar refractivity (Wildman–Crippen MR) is 332 cm³/mol. The molecular weight excluding hydrogens is 1110 g/mol. The molecule has 0 aliphatic carbocycles. The van der Waals surface area contributed by atoms with Gasteiger partial charge in [0.25, 0.3) is 0 Å². The highest BCUT2D eigenvalue weighted by Gasteiger charge is 2.53. The number of ether oxygens (including phenoxy) is 6. The first-order chi connectivity index (χ1) is 41.8. The van der Waals surface area contributed by atoms with Crippen molar-refractivity contribution < 1.29 is 89.4 Å². The van der Waals surface area contributed by atoms with Crippen LogP contribution in [0.3, 0.4) is 0 Å². The quantitative estimate of drug-likeness (QED) is 0.0225. The molecule has 0 aromatic carbocycles. The maximum atomic E-state index is 13.3. The Balaban J connectivity index is 1.41. The van der Waals surface area contributed by atoms with Gasteiger partial charge in [-0.25, -0.2) is 0 Å². The molecule has 0 saturated carbocycles. The normalized spacial score (nSPS) is 29.7. The Kier molecular flexibility index (Phi) is 42.4. The third-order valence-electron chi connectivity index (χ3n) is 14.7. The topological polar surface area (TPSA) is 307 Å². The summed E-state index contributed by atoms with van der Waals surface area (Å²) in [6.45, 7) is 1.39. The van der Waals surface area contributed by atoms with E-state index in [-0.39, 0.29) is 18.9 Å². The van der Waals surface area contributed by atoms with Crippen LogP contribution in [0, 0.1) is 0 Å². The number of allylic oxidation sites excluding steroid dienone is 21. The molecule has 0 spiro atoms. The maximum absolute atomic E-state index is 13.3. The second kappa shape index (κ2) is 47.9. The minimum atomic E-state index is -1.99. The number of nitrogens with one attached hydrogen (secondary N) is 1. The smallest absolute Gasteiger partial charge is 0.220 e.